The highest BCUT2D eigenvalue weighted by Crippen LogP contribution is 2.28. The Hall–Kier alpha value is -2.19. The fraction of sp³-hybridized carbons (Fsp3) is 0.250. The van der Waals surface area contributed by atoms with Crippen molar-refractivity contribution in [3.8, 4) is 0 Å². The minimum atomic E-state index is -0.383. The highest BCUT2D eigenvalue weighted by molar-refractivity contribution is 8.01. The standard InChI is InChI=1S/C16H16N4O2S2/c1-2-8-23-16-19-18-15(24-16)17-14(22)11-9-13(21)20(10-11)12-6-4-3-5-7-12/h2-7,11H,1,8-10H2,(H,17,18,22)/t11-/m1/s1. The van der Waals surface area contributed by atoms with Crippen LogP contribution in [0.15, 0.2) is 47.3 Å². The van der Waals surface area contributed by atoms with Gasteiger partial charge in [0.15, 0.2) is 4.34 Å². The number of carbonyl (C=O) groups excluding carboxylic acids is 2. The molecule has 1 N–H and O–H groups in total. The molecule has 1 fully saturated rings. The zero-order chi connectivity index (χ0) is 16.9. The number of carbonyl (C=O) groups is 2. The van der Waals surface area contributed by atoms with Gasteiger partial charge in [-0.1, -0.05) is 47.4 Å². The lowest BCUT2D eigenvalue weighted by Crippen LogP contribution is -2.28. The molecule has 1 aliphatic heterocycles. The molecule has 0 bridgehead atoms. The van der Waals surface area contributed by atoms with Gasteiger partial charge < -0.3 is 10.2 Å². The van der Waals surface area contributed by atoms with E-state index in [0.717, 1.165) is 15.8 Å². The maximum atomic E-state index is 12.4. The SMILES string of the molecule is C=CCSc1nnc(NC(=O)[C@@H]2CC(=O)N(c3ccccc3)C2)s1. The van der Waals surface area contributed by atoms with E-state index in [4.69, 9.17) is 0 Å². The van der Waals surface area contributed by atoms with Crippen LogP contribution in [-0.4, -0.2) is 34.3 Å². The van der Waals surface area contributed by atoms with Crippen molar-refractivity contribution in [2.24, 2.45) is 5.92 Å². The molecule has 2 amide bonds. The van der Waals surface area contributed by atoms with Crippen LogP contribution in [0.2, 0.25) is 0 Å². The lowest BCUT2D eigenvalue weighted by molar-refractivity contribution is -0.122. The number of para-hydroxylation sites is 1. The molecule has 1 atom stereocenters. The van der Waals surface area contributed by atoms with Gasteiger partial charge in [0, 0.05) is 24.4 Å². The summed E-state index contributed by atoms with van der Waals surface area (Å²) in [6, 6.07) is 9.38. The van der Waals surface area contributed by atoms with Gasteiger partial charge in [-0.05, 0) is 12.1 Å². The number of nitrogens with zero attached hydrogens (tertiary/aromatic N) is 3. The first-order valence-corrected chi connectivity index (χ1v) is 9.21. The van der Waals surface area contributed by atoms with E-state index >= 15 is 0 Å². The van der Waals surface area contributed by atoms with Gasteiger partial charge in [0.1, 0.15) is 0 Å². The van der Waals surface area contributed by atoms with E-state index in [1.54, 1.807) is 11.0 Å². The van der Waals surface area contributed by atoms with Crippen LogP contribution in [0.1, 0.15) is 6.42 Å². The molecule has 0 spiro atoms. The number of hydrogen-bond donors (Lipinski definition) is 1. The van der Waals surface area contributed by atoms with E-state index in [1.807, 2.05) is 30.3 Å². The average molecular weight is 360 g/mol. The quantitative estimate of drug-likeness (QED) is 0.487. The molecule has 0 radical (unpaired) electrons. The highest BCUT2D eigenvalue weighted by atomic mass is 32.2. The normalized spacial score (nSPS) is 17.1. The summed E-state index contributed by atoms with van der Waals surface area (Å²) in [5, 5.41) is 11.2. The van der Waals surface area contributed by atoms with Crippen molar-refractivity contribution in [2.45, 2.75) is 10.8 Å². The van der Waals surface area contributed by atoms with Gasteiger partial charge in [-0.25, -0.2) is 0 Å². The summed E-state index contributed by atoms with van der Waals surface area (Å²) in [5.41, 5.74) is 0.817. The van der Waals surface area contributed by atoms with E-state index in [2.05, 4.69) is 22.1 Å². The predicted octanol–water partition coefficient (Wildman–Crippen LogP) is 2.81. The first kappa shape index (κ1) is 16.7. The number of rotatable bonds is 6. The number of benzene rings is 1. The maximum absolute atomic E-state index is 12.4. The van der Waals surface area contributed by atoms with Crippen LogP contribution in [0.25, 0.3) is 0 Å². The lowest BCUT2D eigenvalue weighted by atomic mass is 10.1. The van der Waals surface area contributed by atoms with Crippen molar-refractivity contribution >= 4 is 45.7 Å². The Kier molecular flexibility index (Phi) is 5.27. The van der Waals surface area contributed by atoms with Gasteiger partial charge in [-0.3, -0.25) is 9.59 Å². The fourth-order valence-corrected chi connectivity index (χ4v) is 3.91. The molecule has 1 aliphatic rings. The van der Waals surface area contributed by atoms with Crippen LogP contribution in [0, 0.1) is 5.92 Å². The fourth-order valence-electron chi connectivity index (χ4n) is 2.40. The number of aromatic nitrogens is 2. The second kappa shape index (κ2) is 7.59. The number of nitrogens with one attached hydrogen (secondary N) is 1. The van der Waals surface area contributed by atoms with Crippen molar-refractivity contribution in [2.75, 3.05) is 22.5 Å². The molecule has 24 heavy (non-hydrogen) atoms. The van der Waals surface area contributed by atoms with Gasteiger partial charge >= 0.3 is 0 Å². The molecule has 2 heterocycles. The number of hydrogen-bond acceptors (Lipinski definition) is 6. The van der Waals surface area contributed by atoms with Crippen molar-refractivity contribution in [3.63, 3.8) is 0 Å². The second-order valence-electron chi connectivity index (χ2n) is 5.20. The molecule has 1 aromatic carbocycles. The second-order valence-corrected chi connectivity index (χ2v) is 7.45. The van der Waals surface area contributed by atoms with Gasteiger partial charge in [-0.2, -0.15) is 0 Å². The Morgan fingerprint density at radius 1 is 1.42 bits per heavy atom. The minimum Gasteiger partial charge on any atom is -0.312 e. The monoisotopic (exact) mass is 360 g/mol. The molecule has 1 aromatic heterocycles. The molecule has 3 rings (SSSR count). The molecule has 124 valence electrons. The van der Waals surface area contributed by atoms with Crippen LogP contribution >= 0.6 is 23.1 Å². The molecular formula is C16H16N4O2S2. The Morgan fingerprint density at radius 2 is 2.21 bits per heavy atom. The maximum Gasteiger partial charge on any atom is 0.231 e. The number of thioether (sulfide) groups is 1. The molecule has 8 heteroatoms. The molecule has 6 nitrogen and oxygen atoms in total. The Balaban J connectivity index is 1.61. The smallest absolute Gasteiger partial charge is 0.231 e. The van der Waals surface area contributed by atoms with Crippen molar-refractivity contribution in [1.82, 2.24) is 10.2 Å². The largest absolute Gasteiger partial charge is 0.312 e. The summed E-state index contributed by atoms with van der Waals surface area (Å²) in [6.45, 7) is 4.03. The Bertz CT molecular complexity index is 748. The molecule has 2 aromatic rings. The predicted molar refractivity (Wildman–Crippen MR) is 96.4 cm³/mol. The van der Waals surface area contributed by atoms with Gasteiger partial charge in [0.05, 0.1) is 5.92 Å². The molecule has 1 saturated heterocycles. The first-order valence-electron chi connectivity index (χ1n) is 7.41. The van der Waals surface area contributed by atoms with Crippen LogP contribution in [0.5, 0.6) is 0 Å². The van der Waals surface area contributed by atoms with Gasteiger partial charge in [0.25, 0.3) is 0 Å². The zero-order valence-corrected chi connectivity index (χ0v) is 14.5. The first-order chi connectivity index (χ1) is 11.7. The number of amides is 2. The van der Waals surface area contributed by atoms with Crippen LogP contribution < -0.4 is 10.2 Å². The van der Waals surface area contributed by atoms with E-state index in [0.29, 0.717) is 11.7 Å². The summed E-state index contributed by atoms with van der Waals surface area (Å²) in [7, 11) is 0. The molecular weight excluding hydrogens is 344 g/mol. The minimum absolute atomic E-state index is 0.0409. The number of anilines is 2. The van der Waals surface area contributed by atoms with Crippen LogP contribution in [0.3, 0.4) is 0 Å². The third-order valence-corrected chi connectivity index (χ3v) is 5.49. The third-order valence-electron chi connectivity index (χ3n) is 3.52. The highest BCUT2D eigenvalue weighted by Gasteiger charge is 2.35. The van der Waals surface area contributed by atoms with E-state index in [1.165, 1.54) is 23.1 Å². The Labute approximate surface area is 148 Å². The summed E-state index contributed by atoms with van der Waals surface area (Å²) in [4.78, 5) is 26.2. The summed E-state index contributed by atoms with van der Waals surface area (Å²) in [6.07, 6.45) is 1.99. The average Bonchev–Trinajstić information content (AvgIpc) is 3.20. The van der Waals surface area contributed by atoms with Crippen LogP contribution in [-0.2, 0) is 9.59 Å². The van der Waals surface area contributed by atoms with Crippen molar-refractivity contribution in [1.29, 1.82) is 0 Å². The third kappa shape index (κ3) is 3.82. The Morgan fingerprint density at radius 3 is 2.96 bits per heavy atom. The molecule has 0 aliphatic carbocycles. The topological polar surface area (TPSA) is 75.2 Å². The zero-order valence-electron chi connectivity index (χ0n) is 12.8. The van der Waals surface area contributed by atoms with Gasteiger partial charge in [0.2, 0.25) is 16.9 Å². The van der Waals surface area contributed by atoms with E-state index in [-0.39, 0.29) is 24.2 Å². The summed E-state index contributed by atoms with van der Waals surface area (Å²) in [5.74, 6) is 0.121. The lowest BCUT2D eigenvalue weighted by Gasteiger charge is -2.16. The van der Waals surface area contributed by atoms with Crippen LogP contribution in [0.4, 0.5) is 10.8 Å². The summed E-state index contributed by atoms with van der Waals surface area (Å²) >= 11 is 2.83. The molecule has 0 unspecified atom stereocenters. The van der Waals surface area contributed by atoms with Crippen molar-refractivity contribution in [3.05, 3.63) is 43.0 Å². The van der Waals surface area contributed by atoms with Crippen molar-refractivity contribution < 1.29 is 9.59 Å². The summed E-state index contributed by atoms with van der Waals surface area (Å²) < 4.78 is 0.776. The van der Waals surface area contributed by atoms with E-state index < -0.39 is 0 Å². The molecule has 0 saturated carbocycles. The van der Waals surface area contributed by atoms with E-state index in [9.17, 15) is 9.59 Å². The van der Waals surface area contributed by atoms with Gasteiger partial charge in [-0.15, -0.1) is 16.8 Å².